The maximum Gasteiger partial charge on any atom is 0.344 e. The van der Waals surface area contributed by atoms with Crippen LogP contribution in [0, 0.1) is 0 Å². The lowest BCUT2D eigenvalue weighted by Crippen LogP contribution is -2.24. The molecule has 0 spiro atoms. The molecule has 0 bridgehead atoms. The van der Waals surface area contributed by atoms with Gasteiger partial charge in [0.25, 0.3) is 0 Å². The summed E-state index contributed by atoms with van der Waals surface area (Å²) in [6, 6.07) is 6.88. The molecule has 1 aromatic carbocycles. The number of carbonyl (C=O) groups excluding carboxylic acids is 2. The Kier molecular flexibility index (Phi) is 4.92. The molecule has 0 aliphatic carbocycles. The number of methoxy groups -OCH3 is 1. The maximum atomic E-state index is 12.3. The zero-order chi connectivity index (χ0) is 17.9. The van der Waals surface area contributed by atoms with E-state index in [-0.39, 0.29) is 11.4 Å². The van der Waals surface area contributed by atoms with Gasteiger partial charge in [-0.05, 0) is 38.5 Å². The van der Waals surface area contributed by atoms with Gasteiger partial charge >= 0.3 is 11.9 Å². The number of ether oxygens (including phenoxy) is 2. The Morgan fingerprint density at radius 3 is 2.33 bits per heavy atom. The van der Waals surface area contributed by atoms with Gasteiger partial charge in [0.05, 0.1) is 18.4 Å². The Balaban J connectivity index is 2.22. The fraction of sp³-hybridized carbons (Fsp3) is 0.353. The fourth-order valence-electron chi connectivity index (χ4n) is 2.16. The van der Waals surface area contributed by atoms with Gasteiger partial charge in [-0.3, -0.25) is 5.10 Å². The molecule has 0 aliphatic rings. The molecule has 24 heavy (non-hydrogen) atoms. The highest BCUT2D eigenvalue weighted by Gasteiger charge is 2.25. The minimum atomic E-state index is -0.625. The molecule has 1 heterocycles. The van der Waals surface area contributed by atoms with E-state index in [0.29, 0.717) is 17.7 Å². The lowest BCUT2D eigenvalue weighted by Gasteiger charge is -2.19. The van der Waals surface area contributed by atoms with Crippen LogP contribution in [-0.2, 0) is 15.9 Å². The monoisotopic (exact) mass is 331 g/mol. The summed E-state index contributed by atoms with van der Waals surface area (Å²) in [5, 5.41) is 6.67. The molecule has 7 heteroatoms. The topological polar surface area (TPSA) is 107 Å². The van der Waals surface area contributed by atoms with Gasteiger partial charge in [0.15, 0.2) is 5.82 Å². The van der Waals surface area contributed by atoms with Crippen molar-refractivity contribution < 1.29 is 19.1 Å². The lowest BCUT2D eigenvalue weighted by molar-refractivity contribution is 0.00696. The molecular formula is C17H21N3O4. The van der Waals surface area contributed by atoms with Crippen LogP contribution in [0.5, 0.6) is 0 Å². The van der Waals surface area contributed by atoms with Gasteiger partial charge in [0.1, 0.15) is 11.2 Å². The summed E-state index contributed by atoms with van der Waals surface area (Å²) in [4.78, 5) is 23.8. The highest BCUT2D eigenvalue weighted by molar-refractivity contribution is 5.95. The standard InChI is InChI=1S/C17H21N3O4/c1-17(2,3)24-16(22)13-12(19-20-14(13)18)9-10-5-7-11(8-6-10)15(21)23-4/h5-8H,9H2,1-4H3,(H3,18,19,20). The first kappa shape index (κ1) is 17.5. The summed E-state index contributed by atoms with van der Waals surface area (Å²) >= 11 is 0. The quantitative estimate of drug-likeness (QED) is 0.833. The number of benzene rings is 1. The van der Waals surface area contributed by atoms with Gasteiger partial charge in [0, 0.05) is 6.42 Å². The Morgan fingerprint density at radius 2 is 1.79 bits per heavy atom. The largest absolute Gasteiger partial charge is 0.465 e. The van der Waals surface area contributed by atoms with E-state index in [2.05, 4.69) is 14.9 Å². The van der Waals surface area contributed by atoms with Gasteiger partial charge in [-0.2, -0.15) is 5.10 Å². The van der Waals surface area contributed by atoms with E-state index < -0.39 is 17.5 Å². The van der Waals surface area contributed by atoms with Crippen molar-refractivity contribution in [1.82, 2.24) is 10.2 Å². The number of nitrogens with one attached hydrogen (secondary N) is 1. The minimum absolute atomic E-state index is 0.102. The van der Waals surface area contributed by atoms with Crippen molar-refractivity contribution in [3.63, 3.8) is 0 Å². The number of nitrogens with zero attached hydrogens (tertiary/aromatic N) is 1. The van der Waals surface area contributed by atoms with Crippen molar-refractivity contribution in [2.45, 2.75) is 32.8 Å². The van der Waals surface area contributed by atoms with E-state index >= 15 is 0 Å². The summed E-state index contributed by atoms with van der Waals surface area (Å²) < 4.78 is 10.0. The Morgan fingerprint density at radius 1 is 1.17 bits per heavy atom. The average molecular weight is 331 g/mol. The molecule has 1 aromatic heterocycles. The van der Waals surface area contributed by atoms with Crippen LogP contribution in [0.3, 0.4) is 0 Å². The van der Waals surface area contributed by atoms with Crippen LogP contribution >= 0.6 is 0 Å². The van der Waals surface area contributed by atoms with Crippen LogP contribution < -0.4 is 5.73 Å². The van der Waals surface area contributed by atoms with E-state index in [1.807, 2.05) is 0 Å². The predicted molar refractivity (Wildman–Crippen MR) is 88.8 cm³/mol. The molecule has 0 aliphatic heterocycles. The summed E-state index contributed by atoms with van der Waals surface area (Å²) in [5.41, 5.74) is 7.31. The number of esters is 2. The van der Waals surface area contributed by atoms with Gasteiger partial charge in [-0.25, -0.2) is 9.59 Å². The van der Waals surface area contributed by atoms with Crippen LogP contribution in [0.2, 0.25) is 0 Å². The lowest BCUT2D eigenvalue weighted by atomic mass is 10.0. The van der Waals surface area contributed by atoms with Crippen molar-refractivity contribution in [2.24, 2.45) is 0 Å². The number of H-pyrrole nitrogens is 1. The molecule has 7 nitrogen and oxygen atoms in total. The Labute approximate surface area is 140 Å². The van der Waals surface area contributed by atoms with E-state index in [9.17, 15) is 9.59 Å². The zero-order valence-corrected chi connectivity index (χ0v) is 14.2. The molecule has 0 unspecified atom stereocenters. The zero-order valence-electron chi connectivity index (χ0n) is 14.2. The van der Waals surface area contributed by atoms with Crippen molar-refractivity contribution in [2.75, 3.05) is 12.8 Å². The third-order valence-electron chi connectivity index (χ3n) is 3.23. The highest BCUT2D eigenvalue weighted by Crippen LogP contribution is 2.21. The number of nitrogen functional groups attached to an aromatic ring is 1. The van der Waals surface area contributed by atoms with Crippen molar-refractivity contribution in [3.8, 4) is 0 Å². The van der Waals surface area contributed by atoms with Crippen LogP contribution in [0.1, 0.15) is 52.7 Å². The summed E-state index contributed by atoms with van der Waals surface area (Å²) in [7, 11) is 1.33. The van der Waals surface area contributed by atoms with E-state index in [4.69, 9.17) is 10.5 Å². The highest BCUT2D eigenvalue weighted by atomic mass is 16.6. The summed E-state index contributed by atoms with van der Waals surface area (Å²) in [6.45, 7) is 5.35. The fourth-order valence-corrected chi connectivity index (χ4v) is 2.16. The molecule has 0 saturated heterocycles. The molecule has 0 radical (unpaired) electrons. The predicted octanol–water partition coefficient (Wildman–Crippen LogP) is 2.32. The normalized spacial score (nSPS) is 11.2. The molecule has 0 atom stereocenters. The molecule has 0 amide bonds. The molecule has 0 saturated carbocycles. The molecule has 2 rings (SSSR count). The third-order valence-corrected chi connectivity index (χ3v) is 3.23. The number of aromatic amines is 1. The van der Waals surface area contributed by atoms with E-state index in [1.165, 1.54) is 7.11 Å². The average Bonchev–Trinajstić information content (AvgIpc) is 2.86. The summed E-state index contributed by atoms with van der Waals surface area (Å²) in [6.07, 6.45) is 0.403. The van der Waals surface area contributed by atoms with E-state index in [1.54, 1.807) is 45.0 Å². The Hall–Kier alpha value is -2.83. The maximum absolute atomic E-state index is 12.3. The van der Waals surface area contributed by atoms with Crippen molar-refractivity contribution in [3.05, 3.63) is 46.6 Å². The number of rotatable bonds is 4. The van der Waals surface area contributed by atoms with Crippen LogP contribution in [-0.4, -0.2) is 34.8 Å². The number of carbonyl (C=O) groups is 2. The van der Waals surface area contributed by atoms with Crippen molar-refractivity contribution in [1.29, 1.82) is 0 Å². The SMILES string of the molecule is COC(=O)c1ccc(Cc2[nH]nc(N)c2C(=O)OC(C)(C)C)cc1. The van der Waals surface area contributed by atoms with Crippen LogP contribution in [0.15, 0.2) is 24.3 Å². The second-order valence-electron chi connectivity index (χ2n) is 6.33. The Bertz CT molecular complexity index is 742. The first-order valence-corrected chi connectivity index (χ1v) is 7.44. The second-order valence-corrected chi connectivity index (χ2v) is 6.33. The molecule has 2 aromatic rings. The van der Waals surface area contributed by atoms with Gasteiger partial charge in [-0.15, -0.1) is 0 Å². The molecule has 128 valence electrons. The van der Waals surface area contributed by atoms with Gasteiger partial charge < -0.3 is 15.2 Å². The number of aromatic nitrogens is 2. The molecule has 0 fully saturated rings. The number of anilines is 1. The molecular weight excluding hydrogens is 310 g/mol. The second kappa shape index (κ2) is 6.74. The number of nitrogens with two attached hydrogens (primary N) is 1. The number of hydrogen-bond acceptors (Lipinski definition) is 6. The van der Waals surface area contributed by atoms with Gasteiger partial charge in [0.2, 0.25) is 0 Å². The van der Waals surface area contributed by atoms with E-state index in [0.717, 1.165) is 5.56 Å². The summed E-state index contributed by atoms with van der Waals surface area (Å²) in [5.74, 6) is -0.817. The minimum Gasteiger partial charge on any atom is -0.465 e. The molecule has 3 N–H and O–H groups in total. The number of hydrogen-bond donors (Lipinski definition) is 2. The van der Waals surface area contributed by atoms with Crippen molar-refractivity contribution >= 4 is 17.8 Å². The van der Waals surface area contributed by atoms with Crippen LogP contribution in [0.4, 0.5) is 5.82 Å². The third kappa shape index (κ3) is 4.13. The first-order valence-electron chi connectivity index (χ1n) is 7.44. The smallest absolute Gasteiger partial charge is 0.344 e. The van der Waals surface area contributed by atoms with Crippen LogP contribution in [0.25, 0.3) is 0 Å². The first-order chi connectivity index (χ1) is 11.2. The van der Waals surface area contributed by atoms with Gasteiger partial charge in [-0.1, -0.05) is 12.1 Å².